The number of aromatic nitrogens is 2. The molecule has 0 atom stereocenters. The van der Waals surface area contributed by atoms with Crippen molar-refractivity contribution in [3.05, 3.63) is 28.3 Å². The summed E-state index contributed by atoms with van der Waals surface area (Å²) < 4.78 is 2.92. The van der Waals surface area contributed by atoms with E-state index in [4.69, 9.17) is 5.41 Å². The van der Waals surface area contributed by atoms with Crippen LogP contribution in [0.5, 0.6) is 0 Å². The van der Waals surface area contributed by atoms with Gasteiger partial charge in [-0.2, -0.15) is 0 Å². The van der Waals surface area contributed by atoms with Gasteiger partial charge >= 0.3 is 0 Å². The van der Waals surface area contributed by atoms with E-state index in [2.05, 4.69) is 26.2 Å². The van der Waals surface area contributed by atoms with Crippen LogP contribution < -0.4 is 10.9 Å². The van der Waals surface area contributed by atoms with Gasteiger partial charge in [0.15, 0.2) is 0 Å². The largest absolute Gasteiger partial charge is 0.371 e. The van der Waals surface area contributed by atoms with Gasteiger partial charge in [-0.05, 0) is 24.6 Å². The lowest BCUT2D eigenvalue weighted by molar-refractivity contribution is 0.585. The summed E-state index contributed by atoms with van der Waals surface area (Å²) in [5, 5.41) is 12.3. The third-order valence-corrected chi connectivity index (χ3v) is 3.31. The maximum Gasteiger partial charge on any atom is 0.224 e. The van der Waals surface area contributed by atoms with Crippen molar-refractivity contribution in [3.63, 3.8) is 0 Å². The number of hydrogen-bond donors (Lipinski definition) is 2. The minimum atomic E-state index is 0.327. The molecule has 0 unspecified atom stereocenters. The second-order valence-corrected chi connectivity index (χ2v) is 4.79. The maximum atomic E-state index is 7.90. The van der Waals surface area contributed by atoms with Crippen LogP contribution in [0, 0.1) is 5.41 Å². The number of anilines is 1. The van der Waals surface area contributed by atoms with Crippen LogP contribution in [0.3, 0.4) is 0 Å². The molecule has 2 heterocycles. The van der Waals surface area contributed by atoms with E-state index in [0.717, 1.165) is 40.7 Å². The lowest BCUT2D eigenvalue weighted by Gasteiger charge is -2.21. The lowest BCUT2D eigenvalue weighted by Crippen LogP contribution is -2.30. The van der Waals surface area contributed by atoms with Gasteiger partial charge in [0, 0.05) is 22.9 Å². The van der Waals surface area contributed by atoms with Crippen molar-refractivity contribution in [1.82, 2.24) is 9.55 Å². The minimum Gasteiger partial charge on any atom is -0.371 e. The number of fused-ring (bicyclic) bond motifs is 3. The molecular weight excluding hydrogens is 268 g/mol. The van der Waals surface area contributed by atoms with E-state index >= 15 is 0 Å². The lowest BCUT2D eigenvalue weighted by atomic mass is 10.2. The highest BCUT2D eigenvalue weighted by Crippen LogP contribution is 2.25. The maximum absolute atomic E-state index is 7.90. The molecule has 0 fully saturated rings. The molecule has 3 rings (SSSR count). The average molecular weight is 279 g/mol. The number of halogens is 1. The Labute approximate surface area is 101 Å². The molecule has 1 aromatic heterocycles. The molecule has 0 amide bonds. The van der Waals surface area contributed by atoms with Gasteiger partial charge in [0.25, 0.3) is 0 Å². The Kier molecular flexibility index (Phi) is 2.21. The second kappa shape index (κ2) is 3.59. The van der Waals surface area contributed by atoms with Crippen LogP contribution in [0.2, 0.25) is 0 Å². The van der Waals surface area contributed by atoms with Gasteiger partial charge in [-0.1, -0.05) is 15.9 Å². The summed E-state index contributed by atoms with van der Waals surface area (Å²) >= 11 is 3.42. The smallest absolute Gasteiger partial charge is 0.224 e. The van der Waals surface area contributed by atoms with Crippen LogP contribution in [0.15, 0.2) is 22.7 Å². The molecule has 1 aromatic carbocycles. The number of hydrogen-bond acceptors (Lipinski definition) is 3. The topological polar surface area (TPSA) is 53.7 Å². The molecule has 2 aromatic rings. The molecule has 16 heavy (non-hydrogen) atoms. The zero-order valence-corrected chi connectivity index (χ0v) is 10.2. The highest BCUT2D eigenvalue weighted by Gasteiger charge is 2.12. The summed E-state index contributed by atoms with van der Waals surface area (Å²) in [5.74, 6) is 1.02. The van der Waals surface area contributed by atoms with E-state index in [0.29, 0.717) is 5.62 Å². The van der Waals surface area contributed by atoms with Crippen LogP contribution in [0.1, 0.15) is 6.42 Å². The van der Waals surface area contributed by atoms with E-state index in [-0.39, 0.29) is 0 Å². The summed E-state index contributed by atoms with van der Waals surface area (Å²) in [6, 6.07) is 5.99. The number of nitrogens with one attached hydrogen (secondary N) is 2. The van der Waals surface area contributed by atoms with Crippen molar-refractivity contribution >= 4 is 32.7 Å². The highest BCUT2D eigenvalue weighted by molar-refractivity contribution is 9.10. The third kappa shape index (κ3) is 1.43. The molecule has 1 aliphatic rings. The zero-order chi connectivity index (χ0) is 11.1. The Balaban J connectivity index is 2.42. The highest BCUT2D eigenvalue weighted by atomic mass is 79.9. The molecule has 0 saturated carbocycles. The van der Waals surface area contributed by atoms with E-state index in [1.54, 1.807) is 0 Å². The molecule has 0 radical (unpaired) electrons. The predicted molar refractivity (Wildman–Crippen MR) is 66.4 cm³/mol. The van der Waals surface area contributed by atoms with Crippen molar-refractivity contribution < 1.29 is 0 Å². The first kappa shape index (κ1) is 9.84. The molecule has 0 bridgehead atoms. The van der Waals surface area contributed by atoms with Gasteiger partial charge in [0.1, 0.15) is 5.82 Å². The van der Waals surface area contributed by atoms with Crippen molar-refractivity contribution in [2.75, 3.05) is 11.9 Å². The molecule has 82 valence electrons. The molecule has 1 aliphatic heterocycles. The van der Waals surface area contributed by atoms with Crippen LogP contribution in [-0.4, -0.2) is 16.1 Å². The van der Waals surface area contributed by atoms with Gasteiger partial charge in [-0.25, -0.2) is 4.98 Å². The van der Waals surface area contributed by atoms with Crippen molar-refractivity contribution in [1.29, 1.82) is 5.41 Å². The Morgan fingerprint density at radius 3 is 3.19 bits per heavy atom. The van der Waals surface area contributed by atoms with E-state index in [9.17, 15) is 0 Å². The first-order valence-corrected chi connectivity index (χ1v) is 6.03. The zero-order valence-electron chi connectivity index (χ0n) is 8.63. The quantitative estimate of drug-likeness (QED) is 0.776. The molecule has 0 aliphatic carbocycles. The number of rotatable bonds is 0. The fourth-order valence-corrected chi connectivity index (χ4v) is 2.42. The molecule has 4 nitrogen and oxygen atoms in total. The molecule has 0 spiro atoms. The van der Waals surface area contributed by atoms with Gasteiger partial charge in [0.2, 0.25) is 5.62 Å². The van der Waals surface area contributed by atoms with Gasteiger partial charge in [-0.15, -0.1) is 0 Å². The predicted octanol–water partition coefficient (Wildman–Crippen LogP) is 2.09. The fraction of sp³-hybridized carbons (Fsp3) is 0.273. The Hall–Kier alpha value is -1.36. The Bertz CT molecular complexity index is 617. The van der Waals surface area contributed by atoms with Crippen molar-refractivity contribution in [2.24, 2.45) is 0 Å². The summed E-state index contributed by atoms with van der Waals surface area (Å²) in [4.78, 5) is 4.31. The van der Waals surface area contributed by atoms with Crippen LogP contribution >= 0.6 is 15.9 Å². The summed E-state index contributed by atoms with van der Waals surface area (Å²) in [5.41, 5.74) is 1.19. The summed E-state index contributed by atoms with van der Waals surface area (Å²) in [6.07, 6.45) is 1.05. The number of benzene rings is 1. The first-order chi connectivity index (χ1) is 7.75. The Morgan fingerprint density at radius 2 is 2.31 bits per heavy atom. The van der Waals surface area contributed by atoms with E-state index in [1.807, 2.05) is 22.8 Å². The second-order valence-electron chi connectivity index (χ2n) is 3.88. The van der Waals surface area contributed by atoms with Crippen LogP contribution in [-0.2, 0) is 6.54 Å². The van der Waals surface area contributed by atoms with Crippen molar-refractivity contribution in [2.45, 2.75) is 13.0 Å². The van der Waals surface area contributed by atoms with Crippen LogP contribution in [0.25, 0.3) is 10.9 Å². The Morgan fingerprint density at radius 1 is 1.44 bits per heavy atom. The van der Waals surface area contributed by atoms with E-state index < -0.39 is 0 Å². The monoisotopic (exact) mass is 278 g/mol. The SMILES string of the molecule is N=c1nc2cc(Br)ccc2c2n1CCCN2. The van der Waals surface area contributed by atoms with Gasteiger partial charge in [-0.3, -0.25) is 9.98 Å². The fourth-order valence-electron chi connectivity index (χ4n) is 2.08. The summed E-state index contributed by atoms with van der Waals surface area (Å²) in [6.45, 7) is 1.84. The normalized spacial score (nSPS) is 14.6. The van der Waals surface area contributed by atoms with Crippen LogP contribution in [0.4, 0.5) is 5.82 Å². The van der Waals surface area contributed by atoms with Crippen molar-refractivity contribution in [3.8, 4) is 0 Å². The minimum absolute atomic E-state index is 0.327. The third-order valence-electron chi connectivity index (χ3n) is 2.82. The molecule has 2 N–H and O–H groups in total. The van der Waals surface area contributed by atoms with Gasteiger partial charge in [0.05, 0.1) is 5.52 Å². The number of nitrogens with zero attached hydrogens (tertiary/aromatic N) is 2. The molecular formula is C11H11BrN4. The molecule has 0 saturated heterocycles. The first-order valence-electron chi connectivity index (χ1n) is 5.24. The van der Waals surface area contributed by atoms with E-state index in [1.165, 1.54) is 0 Å². The molecule has 5 heteroatoms. The average Bonchev–Trinajstić information content (AvgIpc) is 2.29. The van der Waals surface area contributed by atoms with Gasteiger partial charge < -0.3 is 5.32 Å². The standard InChI is InChI=1S/C11H11BrN4/c12-7-2-3-8-9(6-7)15-11(13)16-5-1-4-14-10(8)16/h2-3,6,13-14H,1,4-5H2. The summed E-state index contributed by atoms with van der Waals surface area (Å²) in [7, 11) is 0.